The summed E-state index contributed by atoms with van der Waals surface area (Å²) in [6, 6.07) is 4.54. The van der Waals surface area contributed by atoms with Crippen molar-refractivity contribution in [2.75, 3.05) is 6.54 Å². The molecule has 0 bridgehead atoms. The van der Waals surface area contributed by atoms with Crippen LogP contribution in [0.1, 0.15) is 30.9 Å². The molecule has 0 aromatic heterocycles. The van der Waals surface area contributed by atoms with Crippen LogP contribution in [0, 0.1) is 5.92 Å². The van der Waals surface area contributed by atoms with Crippen molar-refractivity contribution in [2.24, 2.45) is 11.7 Å². The fraction of sp³-hybridized carbons (Fsp3) is 0.500. The second kappa shape index (κ2) is 6.60. The van der Waals surface area contributed by atoms with Crippen molar-refractivity contribution in [2.45, 2.75) is 38.4 Å². The van der Waals surface area contributed by atoms with Crippen molar-refractivity contribution in [3.05, 3.63) is 35.4 Å². The van der Waals surface area contributed by atoms with E-state index in [-0.39, 0.29) is 30.8 Å². The molecule has 126 valence electrons. The van der Waals surface area contributed by atoms with E-state index in [9.17, 15) is 22.8 Å². The van der Waals surface area contributed by atoms with Crippen LogP contribution in [0.3, 0.4) is 0 Å². The fourth-order valence-corrected chi connectivity index (χ4v) is 2.77. The maximum Gasteiger partial charge on any atom is 0.416 e. The summed E-state index contributed by atoms with van der Waals surface area (Å²) in [5.74, 6) is -0.991. The smallest absolute Gasteiger partial charge is 0.369 e. The summed E-state index contributed by atoms with van der Waals surface area (Å²) in [5.41, 5.74) is 5.07. The lowest BCUT2D eigenvalue weighted by molar-refractivity contribution is -0.138. The second-order valence-electron chi connectivity index (χ2n) is 5.94. The summed E-state index contributed by atoms with van der Waals surface area (Å²) in [4.78, 5) is 25.3. The molecule has 0 spiro atoms. The molecule has 0 unspecified atom stereocenters. The van der Waals surface area contributed by atoms with Crippen LogP contribution < -0.4 is 5.73 Å². The third-order valence-electron chi connectivity index (χ3n) is 4.24. The number of amides is 2. The number of alkyl halides is 3. The van der Waals surface area contributed by atoms with Crippen molar-refractivity contribution in [1.29, 1.82) is 0 Å². The number of benzene rings is 1. The van der Waals surface area contributed by atoms with Gasteiger partial charge in [-0.05, 0) is 37.5 Å². The first kappa shape index (κ1) is 17.3. The summed E-state index contributed by atoms with van der Waals surface area (Å²) < 4.78 is 37.6. The molecule has 1 saturated heterocycles. The second-order valence-corrected chi connectivity index (χ2v) is 5.94. The lowest BCUT2D eigenvalue weighted by Gasteiger charge is -2.37. The van der Waals surface area contributed by atoms with Crippen LogP contribution in [-0.4, -0.2) is 29.3 Å². The average molecular weight is 328 g/mol. The molecule has 1 aliphatic heterocycles. The van der Waals surface area contributed by atoms with Gasteiger partial charge in [0, 0.05) is 12.6 Å². The molecule has 0 radical (unpaired) electrons. The SMILES string of the molecule is C[C@H]1CC[C@H](C(N)=O)CN1C(=O)Cc1ccc(C(F)(F)F)cc1. The molecule has 0 saturated carbocycles. The van der Waals surface area contributed by atoms with Crippen molar-refractivity contribution in [1.82, 2.24) is 4.90 Å². The van der Waals surface area contributed by atoms with Crippen molar-refractivity contribution < 1.29 is 22.8 Å². The van der Waals surface area contributed by atoms with Gasteiger partial charge in [-0.2, -0.15) is 13.2 Å². The van der Waals surface area contributed by atoms with E-state index in [4.69, 9.17) is 5.73 Å². The largest absolute Gasteiger partial charge is 0.416 e. The number of hydrogen-bond acceptors (Lipinski definition) is 2. The van der Waals surface area contributed by atoms with Gasteiger partial charge in [-0.25, -0.2) is 0 Å². The zero-order valence-corrected chi connectivity index (χ0v) is 12.8. The van der Waals surface area contributed by atoms with E-state index >= 15 is 0 Å². The molecule has 4 nitrogen and oxygen atoms in total. The summed E-state index contributed by atoms with van der Waals surface area (Å²) in [6.07, 6.45) is -3.04. The van der Waals surface area contributed by atoms with Crippen LogP contribution in [-0.2, 0) is 22.2 Å². The Morgan fingerprint density at radius 1 is 1.22 bits per heavy atom. The number of nitrogens with two attached hydrogens (primary N) is 1. The van der Waals surface area contributed by atoms with Crippen molar-refractivity contribution in [3.63, 3.8) is 0 Å². The summed E-state index contributed by atoms with van der Waals surface area (Å²) in [6.45, 7) is 2.16. The standard InChI is InChI=1S/C16H19F3N2O2/c1-10-2-5-12(15(20)23)9-21(10)14(22)8-11-3-6-13(7-4-11)16(17,18)19/h3-4,6-7,10,12H,2,5,8-9H2,1H3,(H2,20,23)/t10-,12-/m0/s1. The van der Waals surface area contributed by atoms with Crippen LogP contribution in [0.2, 0.25) is 0 Å². The Kier molecular flexibility index (Phi) is 4.97. The van der Waals surface area contributed by atoms with Crippen molar-refractivity contribution in [3.8, 4) is 0 Å². The third kappa shape index (κ3) is 4.24. The third-order valence-corrected chi connectivity index (χ3v) is 4.24. The van der Waals surface area contributed by atoms with Gasteiger partial charge in [0.1, 0.15) is 0 Å². The molecular weight excluding hydrogens is 309 g/mol. The maximum absolute atomic E-state index is 12.5. The number of likely N-dealkylation sites (tertiary alicyclic amines) is 1. The minimum atomic E-state index is -4.39. The number of halogens is 3. The Bertz CT molecular complexity index is 584. The highest BCUT2D eigenvalue weighted by Crippen LogP contribution is 2.29. The maximum atomic E-state index is 12.5. The number of hydrogen-bond donors (Lipinski definition) is 1. The van der Waals surface area contributed by atoms with E-state index in [2.05, 4.69) is 0 Å². The fourth-order valence-electron chi connectivity index (χ4n) is 2.77. The van der Waals surface area contributed by atoms with Gasteiger partial charge in [0.05, 0.1) is 17.9 Å². The summed E-state index contributed by atoms with van der Waals surface area (Å²) >= 11 is 0. The minimum Gasteiger partial charge on any atom is -0.369 e. The molecule has 1 aromatic carbocycles. The number of piperidine rings is 1. The summed E-state index contributed by atoms with van der Waals surface area (Å²) in [5, 5.41) is 0. The monoisotopic (exact) mass is 328 g/mol. The Morgan fingerprint density at radius 3 is 2.35 bits per heavy atom. The van der Waals surface area contributed by atoms with Gasteiger partial charge in [-0.1, -0.05) is 12.1 Å². The molecular formula is C16H19F3N2O2. The lowest BCUT2D eigenvalue weighted by atomic mass is 9.92. The summed E-state index contributed by atoms with van der Waals surface area (Å²) in [7, 11) is 0. The van der Waals surface area contributed by atoms with Gasteiger partial charge >= 0.3 is 6.18 Å². The average Bonchev–Trinajstić information content (AvgIpc) is 2.47. The van der Waals surface area contributed by atoms with Crippen LogP contribution >= 0.6 is 0 Å². The molecule has 7 heteroatoms. The zero-order chi connectivity index (χ0) is 17.2. The first-order valence-corrected chi connectivity index (χ1v) is 7.43. The van der Waals surface area contributed by atoms with Crippen LogP contribution in [0.4, 0.5) is 13.2 Å². The molecule has 2 atom stereocenters. The van der Waals surface area contributed by atoms with E-state index in [1.165, 1.54) is 12.1 Å². The predicted molar refractivity (Wildman–Crippen MR) is 78.2 cm³/mol. The first-order chi connectivity index (χ1) is 10.7. The molecule has 2 N–H and O–H groups in total. The van der Waals surface area contributed by atoms with Gasteiger partial charge in [-0.15, -0.1) is 0 Å². The number of carbonyl (C=O) groups is 2. The molecule has 1 aromatic rings. The number of carbonyl (C=O) groups excluding carboxylic acids is 2. The molecule has 1 heterocycles. The quantitative estimate of drug-likeness (QED) is 0.926. The van der Waals surface area contributed by atoms with Crippen LogP contribution in [0.15, 0.2) is 24.3 Å². The molecule has 1 aliphatic rings. The molecule has 0 aliphatic carbocycles. The number of primary amides is 1. The van der Waals surface area contributed by atoms with E-state index in [1.807, 2.05) is 6.92 Å². The normalized spacial score (nSPS) is 22.0. The Morgan fingerprint density at radius 2 is 1.83 bits per heavy atom. The predicted octanol–water partition coefficient (Wildman–Crippen LogP) is 2.36. The number of rotatable bonds is 3. The van der Waals surface area contributed by atoms with Crippen LogP contribution in [0.25, 0.3) is 0 Å². The van der Waals surface area contributed by atoms with Crippen molar-refractivity contribution >= 4 is 11.8 Å². The van der Waals surface area contributed by atoms with Gasteiger partial charge in [0.25, 0.3) is 0 Å². The van der Waals surface area contributed by atoms with E-state index in [1.54, 1.807) is 4.90 Å². The molecule has 23 heavy (non-hydrogen) atoms. The molecule has 2 rings (SSSR count). The van der Waals surface area contributed by atoms with Crippen LogP contribution in [0.5, 0.6) is 0 Å². The topological polar surface area (TPSA) is 63.4 Å². The minimum absolute atomic E-state index is 0.00690. The van der Waals surface area contributed by atoms with Gasteiger partial charge in [0.2, 0.25) is 11.8 Å². The molecule has 1 fully saturated rings. The zero-order valence-electron chi connectivity index (χ0n) is 12.8. The lowest BCUT2D eigenvalue weighted by Crippen LogP contribution is -2.49. The van der Waals surface area contributed by atoms with Gasteiger partial charge in [0.15, 0.2) is 0 Å². The Labute approximate surface area is 132 Å². The van der Waals surface area contributed by atoms with E-state index in [0.717, 1.165) is 12.1 Å². The Balaban J connectivity index is 2.04. The Hall–Kier alpha value is -2.05. The van der Waals surface area contributed by atoms with Gasteiger partial charge in [-0.3, -0.25) is 9.59 Å². The number of nitrogens with zero attached hydrogens (tertiary/aromatic N) is 1. The van der Waals surface area contributed by atoms with Gasteiger partial charge < -0.3 is 10.6 Å². The highest BCUT2D eigenvalue weighted by atomic mass is 19.4. The highest BCUT2D eigenvalue weighted by molar-refractivity contribution is 5.81. The van der Waals surface area contributed by atoms with E-state index in [0.29, 0.717) is 18.4 Å². The molecule has 2 amide bonds. The first-order valence-electron chi connectivity index (χ1n) is 7.43. The van der Waals surface area contributed by atoms with E-state index < -0.39 is 17.6 Å². The highest BCUT2D eigenvalue weighted by Gasteiger charge is 2.32.